The Kier molecular flexibility index (Phi) is 2.85. The van der Waals surface area contributed by atoms with Gasteiger partial charge >= 0.3 is 0 Å². The highest BCUT2D eigenvalue weighted by atomic mass is 16.1. The quantitative estimate of drug-likeness (QED) is 0.571. The zero-order valence-electron chi connectivity index (χ0n) is 8.38. The molecule has 0 aliphatic rings. The lowest BCUT2D eigenvalue weighted by Crippen LogP contribution is -2.10. The van der Waals surface area contributed by atoms with Crippen molar-refractivity contribution in [3.8, 4) is 0 Å². The molecule has 0 bridgehead atoms. The van der Waals surface area contributed by atoms with Crippen LogP contribution in [0.25, 0.3) is 11.2 Å². The highest BCUT2D eigenvalue weighted by Crippen LogP contribution is 2.02. The maximum absolute atomic E-state index is 11.2. The van der Waals surface area contributed by atoms with Crippen LogP contribution in [0.5, 0.6) is 0 Å². The SMILES string of the molecule is CC.Cc1nc2nc(N)[nH]c(=O)c2[nH]1. The first kappa shape index (κ1) is 10.2. The van der Waals surface area contributed by atoms with Gasteiger partial charge in [-0.05, 0) is 6.92 Å². The number of aromatic amines is 2. The van der Waals surface area contributed by atoms with Gasteiger partial charge in [-0.3, -0.25) is 9.78 Å². The Labute approximate surface area is 80.6 Å². The van der Waals surface area contributed by atoms with Crippen LogP contribution in [0, 0.1) is 6.92 Å². The molecule has 14 heavy (non-hydrogen) atoms. The van der Waals surface area contributed by atoms with Gasteiger partial charge in [-0.15, -0.1) is 0 Å². The maximum atomic E-state index is 11.2. The number of fused-ring (bicyclic) bond motifs is 1. The molecule has 0 aromatic carbocycles. The molecule has 0 spiro atoms. The summed E-state index contributed by atoms with van der Waals surface area (Å²) < 4.78 is 0. The van der Waals surface area contributed by atoms with Crippen molar-refractivity contribution in [1.29, 1.82) is 0 Å². The lowest BCUT2D eigenvalue weighted by Gasteiger charge is -1.89. The third-order valence-corrected chi connectivity index (χ3v) is 1.50. The van der Waals surface area contributed by atoms with Gasteiger partial charge in [0.25, 0.3) is 5.56 Å². The molecular weight excluding hydrogens is 182 g/mol. The van der Waals surface area contributed by atoms with Crippen LogP contribution in [0.2, 0.25) is 0 Å². The van der Waals surface area contributed by atoms with E-state index in [1.807, 2.05) is 13.8 Å². The summed E-state index contributed by atoms with van der Waals surface area (Å²) in [6.07, 6.45) is 0. The van der Waals surface area contributed by atoms with E-state index in [9.17, 15) is 4.79 Å². The van der Waals surface area contributed by atoms with E-state index >= 15 is 0 Å². The number of nitrogens with one attached hydrogen (secondary N) is 2. The van der Waals surface area contributed by atoms with Crippen molar-refractivity contribution < 1.29 is 0 Å². The fourth-order valence-corrected chi connectivity index (χ4v) is 1.04. The third kappa shape index (κ3) is 1.73. The van der Waals surface area contributed by atoms with E-state index in [1.165, 1.54) is 0 Å². The van der Waals surface area contributed by atoms with Gasteiger partial charge in [-0.1, -0.05) is 13.8 Å². The summed E-state index contributed by atoms with van der Waals surface area (Å²) >= 11 is 0. The lowest BCUT2D eigenvalue weighted by atomic mass is 10.5. The minimum Gasteiger partial charge on any atom is -0.369 e. The van der Waals surface area contributed by atoms with E-state index in [1.54, 1.807) is 6.92 Å². The molecule has 6 nitrogen and oxygen atoms in total. The predicted molar refractivity (Wildman–Crippen MR) is 55.0 cm³/mol. The Morgan fingerprint density at radius 3 is 2.50 bits per heavy atom. The molecule has 0 aliphatic heterocycles. The van der Waals surface area contributed by atoms with Gasteiger partial charge < -0.3 is 10.7 Å². The Balaban J connectivity index is 0.000000461. The third-order valence-electron chi connectivity index (χ3n) is 1.50. The molecular formula is C8H13N5O. The van der Waals surface area contributed by atoms with Crippen molar-refractivity contribution in [2.75, 3.05) is 5.73 Å². The van der Waals surface area contributed by atoms with E-state index in [-0.39, 0.29) is 11.5 Å². The summed E-state index contributed by atoms with van der Waals surface area (Å²) in [5.41, 5.74) is 5.74. The van der Waals surface area contributed by atoms with Crippen LogP contribution < -0.4 is 11.3 Å². The standard InChI is InChI=1S/C6H7N5O.C2H6/c1-2-8-3-4(9-2)10-6(7)11-5(3)12;1-2/h1H3,(H4,7,8,9,10,11,12);1-2H3. The van der Waals surface area contributed by atoms with E-state index in [4.69, 9.17) is 5.73 Å². The number of imidazole rings is 1. The van der Waals surface area contributed by atoms with Crippen molar-refractivity contribution in [3.63, 3.8) is 0 Å². The number of aryl methyl sites for hydroxylation is 1. The van der Waals surface area contributed by atoms with Gasteiger partial charge in [0.05, 0.1) is 0 Å². The first-order valence-electron chi connectivity index (χ1n) is 4.39. The van der Waals surface area contributed by atoms with Crippen molar-refractivity contribution in [2.45, 2.75) is 20.8 Å². The average molecular weight is 195 g/mol. The van der Waals surface area contributed by atoms with Gasteiger partial charge in [0.15, 0.2) is 11.2 Å². The van der Waals surface area contributed by atoms with Gasteiger partial charge in [-0.2, -0.15) is 4.98 Å². The molecule has 2 heterocycles. The van der Waals surface area contributed by atoms with Gasteiger partial charge in [0, 0.05) is 0 Å². The monoisotopic (exact) mass is 195 g/mol. The number of H-pyrrole nitrogens is 2. The van der Waals surface area contributed by atoms with Crippen LogP contribution in [-0.2, 0) is 0 Å². The Hall–Kier alpha value is -1.85. The summed E-state index contributed by atoms with van der Waals surface area (Å²) in [6.45, 7) is 5.75. The number of hydrogen-bond acceptors (Lipinski definition) is 4. The summed E-state index contributed by atoms with van der Waals surface area (Å²) in [5, 5.41) is 0. The van der Waals surface area contributed by atoms with Crippen LogP contribution in [0.1, 0.15) is 19.7 Å². The lowest BCUT2D eigenvalue weighted by molar-refractivity contribution is 1.16. The van der Waals surface area contributed by atoms with Gasteiger partial charge in [0.2, 0.25) is 5.95 Å². The Morgan fingerprint density at radius 1 is 1.21 bits per heavy atom. The second-order valence-electron chi connectivity index (χ2n) is 2.47. The molecule has 0 amide bonds. The predicted octanol–water partition coefficient (Wildman–Crippen LogP) is 0.563. The first-order chi connectivity index (χ1) is 6.66. The molecule has 0 saturated carbocycles. The molecule has 0 radical (unpaired) electrons. The minimum atomic E-state index is -0.293. The summed E-state index contributed by atoms with van der Waals surface area (Å²) in [6, 6.07) is 0. The molecule has 2 aromatic heterocycles. The van der Waals surface area contributed by atoms with Crippen molar-refractivity contribution in [1.82, 2.24) is 19.9 Å². The molecule has 0 unspecified atom stereocenters. The van der Waals surface area contributed by atoms with Crippen LogP contribution >= 0.6 is 0 Å². The first-order valence-corrected chi connectivity index (χ1v) is 4.39. The van der Waals surface area contributed by atoms with E-state index in [2.05, 4.69) is 19.9 Å². The van der Waals surface area contributed by atoms with Crippen LogP contribution in [-0.4, -0.2) is 19.9 Å². The molecule has 0 atom stereocenters. The molecule has 2 rings (SSSR count). The molecule has 0 aliphatic carbocycles. The van der Waals surface area contributed by atoms with Crippen molar-refractivity contribution >= 4 is 17.1 Å². The number of nitrogens with two attached hydrogens (primary N) is 1. The molecule has 76 valence electrons. The number of nitrogens with zero attached hydrogens (tertiary/aromatic N) is 2. The fraction of sp³-hybridized carbons (Fsp3) is 0.375. The van der Waals surface area contributed by atoms with E-state index in [0.717, 1.165) is 0 Å². The van der Waals surface area contributed by atoms with Crippen LogP contribution in [0.3, 0.4) is 0 Å². The van der Waals surface area contributed by atoms with E-state index < -0.39 is 0 Å². The average Bonchev–Trinajstić information content (AvgIpc) is 2.49. The zero-order valence-corrected chi connectivity index (χ0v) is 8.38. The number of aromatic nitrogens is 4. The molecule has 4 N–H and O–H groups in total. The largest absolute Gasteiger partial charge is 0.369 e. The fourth-order valence-electron chi connectivity index (χ4n) is 1.04. The van der Waals surface area contributed by atoms with Gasteiger partial charge in [-0.25, -0.2) is 4.98 Å². The second kappa shape index (κ2) is 3.91. The number of nitrogen functional groups attached to an aromatic ring is 1. The molecule has 2 aromatic rings. The zero-order chi connectivity index (χ0) is 10.7. The summed E-state index contributed by atoms with van der Waals surface area (Å²) in [5.74, 6) is 0.729. The minimum absolute atomic E-state index is 0.0824. The highest BCUT2D eigenvalue weighted by molar-refractivity contribution is 5.70. The second-order valence-corrected chi connectivity index (χ2v) is 2.47. The number of hydrogen-bond donors (Lipinski definition) is 3. The Bertz CT molecular complexity index is 484. The molecule has 6 heteroatoms. The van der Waals surface area contributed by atoms with Crippen LogP contribution in [0.15, 0.2) is 4.79 Å². The van der Waals surface area contributed by atoms with E-state index in [0.29, 0.717) is 17.0 Å². The van der Waals surface area contributed by atoms with Crippen molar-refractivity contribution in [2.24, 2.45) is 0 Å². The van der Waals surface area contributed by atoms with Crippen molar-refractivity contribution in [3.05, 3.63) is 16.2 Å². The Morgan fingerprint density at radius 2 is 1.86 bits per heavy atom. The number of anilines is 1. The number of rotatable bonds is 0. The highest BCUT2D eigenvalue weighted by Gasteiger charge is 2.04. The molecule has 0 saturated heterocycles. The normalized spacial score (nSPS) is 9.64. The molecule has 0 fully saturated rings. The smallest absolute Gasteiger partial charge is 0.278 e. The van der Waals surface area contributed by atoms with Crippen LogP contribution in [0.4, 0.5) is 5.95 Å². The summed E-state index contributed by atoms with van der Waals surface area (Å²) in [7, 11) is 0. The topological polar surface area (TPSA) is 100 Å². The maximum Gasteiger partial charge on any atom is 0.278 e. The summed E-state index contributed by atoms with van der Waals surface area (Å²) in [4.78, 5) is 24.1. The van der Waals surface area contributed by atoms with Gasteiger partial charge in [0.1, 0.15) is 5.82 Å².